The second-order valence-corrected chi connectivity index (χ2v) is 3.36. The number of carbonyl (C=O) groups excluding carboxylic acids is 1. The summed E-state index contributed by atoms with van der Waals surface area (Å²) in [4.78, 5) is 30.3. The Bertz CT molecular complexity index is 411. The molecular weight excluding hydrogens is 196 g/mol. The lowest BCUT2D eigenvalue weighted by atomic mass is 10.5. The number of aromatic amines is 1. The molecule has 0 fully saturated rings. The van der Waals surface area contributed by atoms with E-state index >= 15 is 0 Å². The average Bonchev–Trinajstić information content (AvgIpc) is 2.12. The number of nitrogens with one attached hydrogen (secondary N) is 2. The minimum atomic E-state index is -0.234. The molecule has 0 aliphatic carbocycles. The largest absolute Gasteiger partial charge is 0.361 e. The summed E-state index contributed by atoms with van der Waals surface area (Å²) in [5.74, 6) is 0.850. The number of amides is 1. The summed E-state index contributed by atoms with van der Waals surface area (Å²) in [6.07, 6.45) is 0. The van der Waals surface area contributed by atoms with Gasteiger partial charge in [-0.05, 0) is 6.92 Å². The first kappa shape index (κ1) is 11.2. The van der Waals surface area contributed by atoms with Crippen LogP contribution in [0.1, 0.15) is 5.82 Å². The lowest BCUT2D eigenvalue weighted by Gasteiger charge is -2.11. The molecular formula is C9H14N4O2. The predicted octanol–water partition coefficient (Wildman–Crippen LogP) is -0.422. The number of hydrogen-bond acceptors (Lipinski definition) is 4. The molecule has 1 aromatic rings. The van der Waals surface area contributed by atoms with Gasteiger partial charge in [0.25, 0.3) is 5.56 Å². The first-order valence-electron chi connectivity index (χ1n) is 4.51. The van der Waals surface area contributed by atoms with E-state index in [1.54, 1.807) is 21.0 Å². The van der Waals surface area contributed by atoms with Crippen LogP contribution in [-0.4, -0.2) is 41.4 Å². The van der Waals surface area contributed by atoms with Gasteiger partial charge in [-0.15, -0.1) is 0 Å². The summed E-state index contributed by atoms with van der Waals surface area (Å²) in [6, 6.07) is 1.32. The van der Waals surface area contributed by atoms with Crippen LogP contribution in [0.2, 0.25) is 0 Å². The van der Waals surface area contributed by atoms with Crippen molar-refractivity contribution < 1.29 is 4.79 Å². The first-order chi connectivity index (χ1) is 6.99. The van der Waals surface area contributed by atoms with Crippen molar-refractivity contribution in [2.75, 3.05) is 26.0 Å². The number of rotatable bonds is 3. The second kappa shape index (κ2) is 4.59. The normalized spacial score (nSPS) is 9.80. The molecule has 82 valence electrons. The predicted molar refractivity (Wildman–Crippen MR) is 56.8 cm³/mol. The third-order valence-electron chi connectivity index (χ3n) is 1.78. The Morgan fingerprint density at radius 1 is 1.60 bits per heavy atom. The van der Waals surface area contributed by atoms with Crippen LogP contribution in [0.25, 0.3) is 0 Å². The Morgan fingerprint density at radius 3 is 2.80 bits per heavy atom. The lowest BCUT2D eigenvalue weighted by Crippen LogP contribution is -2.29. The van der Waals surface area contributed by atoms with Crippen molar-refractivity contribution in [1.29, 1.82) is 0 Å². The summed E-state index contributed by atoms with van der Waals surface area (Å²) in [6.45, 7) is 1.81. The van der Waals surface area contributed by atoms with Gasteiger partial charge in [-0.3, -0.25) is 9.59 Å². The zero-order valence-electron chi connectivity index (χ0n) is 9.00. The number of anilines is 1. The molecule has 1 heterocycles. The maximum atomic E-state index is 11.2. The summed E-state index contributed by atoms with van der Waals surface area (Å²) in [5, 5.41) is 2.79. The van der Waals surface area contributed by atoms with Gasteiger partial charge in [0.1, 0.15) is 11.6 Å². The Kier molecular flexibility index (Phi) is 3.43. The smallest absolute Gasteiger partial charge is 0.252 e. The minimum absolute atomic E-state index is 0.0743. The van der Waals surface area contributed by atoms with E-state index in [1.807, 2.05) is 0 Å². The zero-order valence-corrected chi connectivity index (χ0v) is 9.00. The molecule has 0 radical (unpaired) electrons. The van der Waals surface area contributed by atoms with Gasteiger partial charge in [-0.2, -0.15) is 0 Å². The maximum Gasteiger partial charge on any atom is 0.252 e. The molecule has 6 nitrogen and oxygen atoms in total. The molecule has 2 N–H and O–H groups in total. The summed E-state index contributed by atoms with van der Waals surface area (Å²) >= 11 is 0. The minimum Gasteiger partial charge on any atom is -0.361 e. The summed E-state index contributed by atoms with van der Waals surface area (Å²) in [7, 11) is 3.33. The Morgan fingerprint density at radius 2 is 2.27 bits per heavy atom. The Hall–Kier alpha value is -1.85. The van der Waals surface area contributed by atoms with Gasteiger partial charge in [0.05, 0.1) is 6.54 Å². The van der Waals surface area contributed by atoms with E-state index in [2.05, 4.69) is 15.3 Å². The average molecular weight is 210 g/mol. The second-order valence-electron chi connectivity index (χ2n) is 3.36. The van der Waals surface area contributed by atoms with Crippen LogP contribution in [0.4, 0.5) is 5.82 Å². The Labute approximate surface area is 87.3 Å². The lowest BCUT2D eigenvalue weighted by molar-refractivity contribution is -0.126. The summed E-state index contributed by atoms with van der Waals surface area (Å²) < 4.78 is 0. The molecule has 0 saturated carbocycles. The molecule has 6 heteroatoms. The van der Waals surface area contributed by atoms with Crippen molar-refractivity contribution in [3.8, 4) is 0 Å². The van der Waals surface area contributed by atoms with Crippen molar-refractivity contribution in [2.24, 2.45) is 0 Å². The van der Waals surface area contributed by atoms with Crippen LogP contribution in [0, 0.1) is 6.92 Å². The monoisotopic (exact) mass is 210 g/mol. The third kappa shape index (κ3) is 3.41. The molecule has 1 rings (SSSR count). The van der Waals surface area contributed by atoms with E-state index in [1.165, 1.54) is 11.0 Å². The van der Waals surface area contributed by atoms with Crippen molar-refractivity contribution >= 4 is 11.7 Å². The molecule has 0 saturated heterocycles. The molecule has 1 aromatic heterocycles. The third-order valence-corrected chi connectivity index (χ3v) is 1.78. The SMILES string of the molecule is Cc1nc(NCC(=O)N(C)C)cc(=O)[nH]1. The van der Waals surface area contributed by atoms with Gasteiger partial charge in [0.2, 0.25) is 5.91 Å². The highest BCUT2D eigenvalue weighted by molar-refractivity contribution is 5.79. The van der Waals surface area contributed by atoms with E-state index in [9.17, 15) is 9.59 Å². The molecule has 15 heavy (non-hydrogen) atoms. The number of likely N-dealkylation sites (N-methyl/N-ethyl adjacent to an activating group) is 1. The highest BCUT2D eigenvalue weighted by atomic mass is 16.2. The molecule has 0 aromatic carbocycles. The number of H-pyrrole nitrogens is 1. The van der Waals surface area contributed by atoms with Crippen LogP contribution in [0.5, 0.6) is 0 Å². The van der Waals surface area contributed by atoms with Crippen LogP contribution >= 0.6 is 0 Å². The highest BCUT2D eigenvalue weighted by Gasteiger charge is 2.04. The van der Waals surface area contributed by atoms with E-state index in [4.69, 9.17) is 0 Å². The van der Waals surface area contributed by atoms with E-state index in [0.717, 1.165) is 0 Å². The zero-order chi connectivity index (χ0) is 11.4. The van der Waals surface area contributed by atoms with Gasteiger partial charge in [0.15, 0.2) is 0 Å². The molecule has 1 amide bonds. The molecule has 0 spiro atoms. The fraction of sp³-hybridized carbons (Fsp3) is 0.444. The summed E-state index contributed by atoms with van der Waals surface area (Å²) in [5.41, 5.74) is -0.234. The highest BCUT2D eigenvalue weighted by Crippen LogP contribution is 1.97. The van der Waals surface area contributed by atoms with E-state index in [0.29, 0.717) is 11.6 Å². The number of hydrogen-bond donors (Lipinski definition) is 2. The Balaban J connectivity index is 2.66. The molecule has 0 aliphatic rings. The van der Waals surface area contributed by atoms with Crippen LogP contribution in [0.3, 0.4) is 0 Å². The number of aromatic nitrogens is 2. The quantitative estimate of drug-likeness (QED) is 0.710. The first-order valence-corrected chi connectivity index (χ1v) is 4.51. The molecule has 0 aliphatic heterocycles. The fourth-order valence-corrected chi connectivity index (χ4v) is 0.994. The fourth-order valence-electron chi connectivity index (χ4n) is 0.994. The van der Waals surface area contributed by atoms with Crippen LogP contribution < -0.4 is 10.9 Å². The van der Waals surface area contributed by atoms with E-state index in [-0.39, 0.29) is 18.0 Å². The van der Waals surface area contributed by atoms with Gasteiger partial charge in [-0.1, -0.05) is 0 Å². The van der Waals surface area contributed by atoms with Crippen LogP contribution in [0.15, 0.2) is 10.9 Å². The van der Waals surface area contributed by atoms with Gasteiger partial charge < -0.3 is 15.2 Å². The van der Waals surface area contributed by atoms with Gasteiger partial charge >= 0.3 is 0 Å². The molecule has 0 atom stereocenters. The number of carbonyl (C=O) groups is 1. The standard InChI is InChI=1S/C9H14N4O2/c1-6-11-7(4-8(14)12-6)10-5-9(15)13(2)3/h4H,5H2,1-3H3,(H2,10,11,12,14). The number of aryl methyl sites for hydroxylation is 1. The van der Waals surface area contributed by atoms with Crippen molar-refractivity contribution in [1.82, 2.24) is 14.9 Å². The van der Waals surface area contributed by atoms with Crippen LogP contribution in [-0.2, 0) is 4.79 Å². The van der Waals surface area contributed by atoms with Crippen molar-refractivity contribution in [3.63, 3.8) is 0 Å². The van der Waals surface area contributed by atoms with Gasteiger partial charge in [-0.25, -0.2) is 4.98 Å². The van der Waals surface area contributed by atoms with Gasteiger partial charge in [0, 0.05) is 20.2 Å². The molecule has 0 bridgehead atoms. The molecule has 0 unspecified atom stereocenters. The van der Waals surface area contributed by atoms with E-state index < -0.39 is 0 Å². The number of nitrogens with zero attached hydrogens (tertiary/aromatic N) is 2. The maximum absolute atomic E-state index is 11.2. The topological polar surface area (TPSA) is 78.1 Å². The van der Waals surface area contributed by atoms with Crippen molar-refractivity contribution in [2.45, 2.75) is 6.92 Å². The van der Waals surface area contributed by atoms with Crippen molar-refractivity contribution in [3.05, 3.63) is 22.2 Å².